The van der Waals surface area contributed by atoms with Crippen LogP contribution in [-0.2, 0) is 22.4 Å². The van der Waals surface area contributed by atoms with E-state index in [0.717, 1.165) is 30.7 Å². The maximum atomic E-state index is 11.8. The van der Waals surface area contributed by atoms with E-state index < -0.39 is 0 Å². The second kappa shape index (κ2) is 8.94. The molecule has 4 nitrogen and oxygen atoms in total. The molecule has 0 spiro atoms. The van der Waals surface area contributed by atoms with E-state index >= 15 is 0 Å². The Morgan fingerprint density at radius 1 is 1.38 bits per heavy atom. The number of thiazole rings is 1. The van der Waals surface area contributed by atoms with Gasteiger partial charge in [0.2, 0.25) is 5.91 Å². The van der Waals surface area contributed by atoms with E-state index in [9.17, 15) is 4.79 Å². The van der Waals surface area contributed by atoms with Crippen LogP contribution in [0.5, 0.6) is 0 Å². The van der Waals surface area contributed by atoms with Crippen molar-refractivity contribution in [2.24, 2.45) is 0 Å². The Labute approximate surface area is 147 Å². The number of carbonyl (C=O) groups excluding carboxylic acids is 1. The SMILES string of the molecule is O=C(CCc1nccs1)NCCCO[C@@H]1CCCc2ccccc21. The molecule has 1 aliphatic rings. The second-order valence-electron chi connectivity index (χ2n) is 6.08. The standard InChI is InChI=1S/C19H24N2O2S/c22-18(9-10-19-21-12-14-24-19)20-11-4-13-23-17-8-3-6-15-5-1-2-7-16(15)17/h1-2,5,7,12,14,17H,3-4,6,8-11,13H2,(H,20,22)/t17-/m1/s1. The Morgan fingerprint density at radius 3 is 3.17 bits per heavy atom. The van der Waals surface area contributed by atoms with Crippen LogP contribution in [0.25, 0.3) is 0 Å². The van der Waals surface area contributed by atoms with Crippen LogP contribution < -0.4 is 5.32 Å². The number of benzene rings is 1. The largest absolute Gasteiger partial charge is 0.373 e. The molecule has 1 N–H and O–H groups in total. The summed E-state index contributed by atoms with van der Waals surface area (Å²) in [6.45, 7) is 1.36. The van der Waals surface area contributed by atoms with Gasteiger partial charge in [-0.25, -0.2) is 4.98 Å². The molecule has 1 heterocycles. The highest BCUT2D eigenvalue weighted by atomic mass is 32.1. The molecule has 128 valence electrons. The number of rotatable bonds is 8. The molecular weight excluding hydrogens is 320 g/mol. The minimum absolute atomic E-state index is 0.0909. The zero-order chi connectivity index (χ0) is 16.6. The maximum Gasteiger partial charge on any atom is 0.220 e. The monoisotopic (exact) mass is 344 g/mol. The third kappa shape index (κ3) is 4.89. The molecule has 1 aromatic heterocycles. The summed E-state index contributed by atoms with van der Waals surface area (Å²) in [5.41, 5.74) is 2.76. The van der Waals surface area contributed by atoms with Crippen LogP contribution in [0.1, 0.15) is 47.9 Å². The number of hydrogen-bond donors (Lipinski definition) is 1. The van der Waals surface area contributed by atoms with Gasteiger partial charge >= 0.3 is 0 Å². The molecule has 5 heteroatoms. The highest BCUT2D eigenvalue weighted by molar-refractivity contribution is 7.09. The summed E-state index contributed by atoms with van der Waals surface area (Å²) in [5.74, 6) is 0.0909. The van der Waals surface area contributed by atoms with Crippen molar-refractivity contribution in [3.8, 4) is 0 Å². The van der Waals surface area contributed by atoms with Gasteiger partial charge in [0.1, 0.15) is 0 Å². The highest BCUT2D eigenvalue weighted by Crippen LogP contribution is 2.32. The van der Waals surface area contributed by atoms with E-state index in [4.69, 9.17) is 4.74 Å². The minimum atomic E-state index is 0.0909. The number of aromatic nitrogens is 1. The van der Waals surface area contributed by atoms with Gasteiger partial charge in [0, 0.05) is 37.6 Å². The maximum absolute atomic E-state index is 11.8. The quantitative estimate of drug-likeness (QED) is 0.743. The number of nitrogens with one attached hydrogen (secondary N) is 1. The van der Waals surface area contributed by atoms with Crippen molar-refractivity contribution >= 4 is 17.2 Å². The molecule has 0 bridgehead atoms. The van der Waals surface area contributed by atoms with Crippen LogP contribution in [0, 0.1) is 0 Å². The summed E-state index contributed by atoms with van der Waals surface area (Å²) < 4.78 is 6.05. The average molecular weight is 344 g/mol. The highest BCUT2D eigenvalue weighted by Gasteiger charge is 2.19. The summed E-state index contributed by atoms with van der Waals surface area (Å²) in [4.78, 5) is 16.0. The predicted octanol–water partition coefficient (Wildman–Crippen LogP) is 3.68. The molecule has 0 saturated heterocycles. The van der Waals surface area contributed by atoms with E-state index in [2.05, 4.69) is 34.6 Å². The summed E-state index contributed by atoms with van der Waals surface area (Å²) in [6, 6.07) is 8.57. The van der Waals surface area contributed by atoms with Crippen molar-refractivity contribution in [1.29, 1.82) is 0 Å². The molecule has 1 atom stereocenters. The molecule has 1 aromatic carbocycles. The second-order valence-corrected chi connectivity index (χ2v) is 7.06. The lowest BCUT2D eigenvalue weighted by atomic mass is 9.89. The third-order valence-electron chi connectivity index (χ3n) is 4.33. The average Bonchev–Trinajstić information content (AvgIpc) is 3.13. The van der Waals surface area contributed by atoms with Gasteiger partial charge in [-0.05, 0) is 36.8 Å². The molecule has 0 radical (unpaired) electrons. The smallest absolute Gasteiger partial charge is 0.220 e. The lowest BCUT2D eigenvalue weighted by Crippen LogP contribution is -2.25. The third-order valence-corrected chi connectivity index (χ3v) is 5.17. The van der Waals surface area contributed by atoms with Crippen LogP contribution in [0.2, 0.25) is 0 Å². The molecule has 0 fully saturated rings. The molecule has 1 aliphatic carbocycles. The first-order valence-electron chi connectivity index (χ1n) is 8.67. The Hall–Kier alpha value is -1.72. The first-order chi connectivity index (χ1) is 11.8. The number of ether oxygens (including phenoxy) is 1. The van der Waals surface area contributed by atoms with Crippen LogP contribution in [0.15, 0.2) is 35.8 Å². The fourth-order valence-corrected chi connectivity index (χ4v) is 3.71. The Kier molecular flexibility index (Phi) is 6.38. The van der Waals surface area contributed by atoms with Crippen molar-refractivity contribution in [2.75, 3.05) is 13.2 Å². The van der Waals surface area contributed by atoms with Crippen LogP contribution in [0.4, 0.5) is 0 Å². The molecule has 0 saturated carbocycles. The summed E-state index contributed by atoms with van der Waals surface area (Å²) >= 11 is 1.60. The minimum Gasteiger partial charge on any atom is -0.373 e. The van der Waals surface area contributed by atoms with Gasteiger partial charge in [0.25, 0.3) is 0 Å². The number of carbonyl (C=O) groups is 1. The van der Waals surface area contributed by atoms with Crippen molar-refractivity contribution in [3.05, 3.63) is 52.0 Å². The number of amides is 1. The van der Waals surface area contributed by atoms with Gasteiger partial charge in [-0.1, -0.05) is 24.3 Å². The van der Waals surface area contributed by atoms with Crippen molar-refractivity contribution < 1.29 is 9.53 Å². The number of fused-ring (bicyclic) bond motifs is 1. The molecular formula is C19H24N2O2S. The Bertz CT molecular complexity index is 643. The van der Waals surface area contributed by atoms with E-state index in [1.807, 2.05) is 5.38 Å². The lowest BCUT2D eigenvalue weighted by Gasteiger charge is -2.25. The normalized spacial score (nSPS) is 16.6. The number of nitrogens with zero attached hydrogens (tertiary/aromatic N) is 1. The Balaban J connectivity index is 1.31. The van der Waals surface area contributed by atoms with Crippen LogP contribution in [0.3, 0.4) is 0 Å². The van der Waals surface area contributed by atoms with Crippen molar-refractivity contribution in [1.82, 2.24) is 10.3 Å². The number of aryl methyl sites for hydroxylation is 2. The van der Waals surface area contributed by atoms with Crippen molar-refractivity contribution in [2.45, 2.75) is 44.6 Å². The topological polar surface area (TPSA) is 51.2 Å². The van der Waals surface area contributed by atoms with Gasteiger partial charge in [0.05, 0.1) is 11.1 Å². The van der Waals surface area contributed by atoms with Gasteiger partial charge in [-0.15, -0.1) is 11.3 Å². The first kappa shape index (κ1) is 17.1. The lowest BCUT2D eigenvalue weighted by molar-refractivity contribution is -0.121. The van der Waals surface area contributed by atoms with Gasteiger partial charge < -0.3 is 10.1 Å². The zero-order valence-corrected chi connectivity index (χ0v) is 14.7. The summed E-state index contributed by atoms with van der Waals surface area (Å²) in [5, 5.41) is 5.92. The zero-order valence-electron chi connectivity index (χ0n) is 13.9. The molecule has 3 rings (SSSR count). The van der Waals surface area contributed by atoms with Crippen LogP contribution in [-0.4, -0.2) is 24.0 Å². The molecule has 0 unspecified atom stereocenters. The molecule has 24 heavy (non-hydrogen) atoms. The van der Waals surface area contributed by atoms with Gasteiger partial charge in [-0.3, -0.25) is 4.79 Å². The molecule has 2 aromatic rings. The summed E-state index contributed by atoms with van der Waals surface area (Å²) in [7, 11) is 0. The molecule has 1 amide bonds. The predicted molar refractivity (Wildman–Crippen MR) is 96.1 cm³/mol. The van der Waals surface area contributed by atoms with Crippen molar-refractivity contribution in [3.63, 3.8) is 0 Å². The van der Waals surface area contributed by atoms with E-state index in [1.54, 1.807) is 17.5 Å². The van der Waals surface area contributed by atoms with Gasteiger partial charge in [0.15, 0.2) is 0 Å². The molecule has 0 aliphatic heterocycles. The van der Waals surface area contributed by atoms with E-state index in [0.29, 0.717) is 19.6 Å². The number of hydrogen-bond acceptors (Lipinski definition) is 4. The van der Waals surface area contributed by atoms with E-state index in [1.165, 1.54) is 17.5 Å². The fourth-order valence-electron chi connectivity index (χ4n) is 3.09. The first-order valence-corrected chi connectivity index (χ1v) is 9.55. The summed E-state index contributed by atoms with van der Waals surface area (Å²) in [6.07, 6.45) is 7.51. The fraction of sp³-hybridized carbons (Fsp3) is 0.474. The van der Waals surface area contributed by atoms with Gasteiger partial charge in [-0.2, -0.15) is 0 Å². The Morgan fingerprint density at radius 2 is 2.29 bits per heavy atom. The van der Waals surface area contributed by atoms with Crippen LogP contribution >= 0.6 is 11.3 Å². The van der Waals surface area contributed by atoms with E-state index in [-0.39, 0.29) is 12.0 Å².